The molecule has 1 fully saturated rings. The number of hydrogen-bond acceptors (Lipinski definition) is 5. The van der Waals surface area contributed by atoms with E-state index in [0.29, 0.717) is 12.0 Å². The summed E-state index contributed by atoms with van der Waals surface area (Å²) in [7, 11) is 2.22. The van der Waals surface area contributed by atoms with Crippen molar-refractivity contribution in [1.29, 1.82) is 0 Å². The monoisotopic (exact) mass is 321 g/mol. The Balaban J connectivity index is 1.65. The SMILES string of the molecule is CN(Cc1csc(-c2ccsc2)n1)C1CCCCC1CN. The minimum atomic E-state index is 0.620. The molecule has 3 nitrogen and oxygen atoms in total. The average Bonchev–Trinajstić information content (AvgIpc) is 3.17. The third-order valence-electron chi connectivity index (χ3n) is 4.47. The van der Waals surface area contributed by atoms with E-state index in [0.717, 1.165) is 18.1 Å². The predicted octanol–water partition coefficient (Wildman–Crippen LogP) is 3.82. The van der Waals surface area contributed by atoms with Crippen molar-refractivity contribution in [2.45, 2.75) is 38.3 Å². The average molecular weight is 322 g/mol. The van der Waals surface area contributed by atoms with Gasteiger partial charge in [-0.2, -0.15) is 11.3 Å². The highest BCUT2D eigenvalue weighted by molar-refractivity contribution is 7.14. The van der Waals surface area contributed by atoms with Gasteiger partial charge in [-0.25, -0.2) is 4.98 Å². The molecule has 1 saturated carbocycles. The summed E-state index contributed by atoms with van der Waals surface area (Å²) in [5, 5.41) is 7.61. The molecule has 0 radical (unpaired) electrons. The first-order valence-electron chi connectivity index (χ1n) is 7.65. The van der Waals surface area contributed by atoms with E-state index >= 15 is 0 Å². The summed E-state index contributed by atoms with van der Waals surface area (Å²) in [4.78, 5) is 7.25. The van der Waals surface area contributed by atoms with Crippen LogP contribution in [-0.2, 0) is 6.54 Å². The van der Waals surface area contributed by atoms with Crippen LogP contribution in [0.5, 0.6) is 0 Å². The summed E-state index contributed by atoms with van der Waals surface area (Å²) < 4.78 is 0. The van der Waals surface area contributed by atoms with Crippen LogP contribution in [-0.4, -0.2) is 29.5 Å². The minimum absolute atomic E-state index is 0.620. The first kappa shape index (κ1) is 15.2. The van der Waals surface area contributed by atoms with Gasteiger partial charge >= 0.3 is 0 Å². The van der Waals surface area contributed by atoms with Crippen molar-refractivity contribution in [3.05, 3.63) is 27.9 Å². The second-order valence-electron chi connectivity index (χ2n) is 5.92. The zero-order valence-corrected chi connectivity index (χ0v) is 14.1. The minimum Gasteiger partial charge on any atom is -0.330 e. The lowest BCUT2D eigenvalue weighted by molar-refractivity contribution is 0.126. The molecule has 3 rings (SSSR count). The number of thiazole rings is 1. The maximum Gasteiger partial charge on any atom is 0.124 e. The maximum absolute atomic E-state index is 5.95. The Kier molecular flexibility index (Phi) is 5.06. The van der Waals surface area contributed by atoms with Crippen molar-refractivity contribution in [3.63, 3.8) is 0 Å². The van der Waals surface area contributed by atoms with Gasteiger partial charge in [-0.15, -0.1) is 11.3 Å². The van der Waals surface area contributed by atoms with Crippen molar-refractivity contribution in [1.82, 2.24) is 9.88 Å². The van der Waals surface area contributed by atoms with E-state index in [9.17, 15) is 0 Å². The van der Waals surface area contributed by atoms with Crippen molar-refractivity contribution in [2.24, 2.45) is 11.7 Å². The highest BCUT2D eigenvalue weighted by Crippen LogP contribution is 2.29. The molecule has 2 heterocycles. The number of nitrogens with zero attached hydrogens (tertiary/aromatic N) is 2. The molecule has 21 heavy (non-hydrogen) atoms. The molecule has 0 bridgehead atoms. The maximum atomic E-state index is 5.95. The van der Waals surface area contributed by atoms with Gasteiger partial charge in [-0.3, -0.25) is 4.90 Å². The van der Waals surface area contributed by atoms with Crippen molar-refractivity contribution >= 4 is 22.7 Å². The molecule has 114 valence electrons. The Hall–Kier alpha value is -0.750. The van der Waals surface area contributed by atoms with E-state index in [1.165, 1.54) is 36.9 Å². The molecular formula is C16H23N3S2. The van der Waals surface area contributed by atoms with Gasteiger partial charge in [0, 0.05) is 28.9 Å². The highest BCUT2D eigenvalue weighted by Gasteiger charge is 2.27. The van der Waals surface area contributed by atoms with E-state index in [2.05, 4.69) is 34.2 Å². The van der Waals surface area contributed by atoms with Crippen LogP contribution in [0, 0.1) is 5.92 Å². The van der Waals surface area contributed by atoms with E-state index in [1.807, 2.05) is 0 Å². The molecule has 2 unspecified atom stereocenters. The van der Waals surface area contributed by atoms with E-state index < -0.39 is 0 Å². The van der Waals surface area contributed by atoms with Crippen LogP contribution >= 0.6 is 22.7 Å². The lowest BCUT2D eigenvalue weighted by Crippen LogP contribution is -2.42. The molecule has 0 saturated heterocycles. The second kappa shape index (κ2) is 7.01. The van der Waals surface area contributed by atoms with Gasteiger partial charge < -0.3 is 5.73 Å². The van der Waals surface area contributed by atoms with E-state index in [4.69, 9.17) is 10.7 Å². The molecule has 0 aromatic carbocycles. The zero-order chi connectivity index (χ0) is 14.7. The van der Waals surface area contributed by atoms with Crippen LogP contribution in [0.4, 0.5) is 0 Å². The Morgan fingerprint density at radius 3 is 2.95 bits per heavy atom. The van der Waals surface area contributed by atoms with Crippen molar-refractivity contribution in [2.75, 3.05) is 13.6 Å². The van der Waals surface area contributed by atoms with Gasteiger partial charge in [0.1, 0.15) is 5.01 Å². The lowest BCUT2D eigenvalue weighted by Gasteiger charge is -2.37. The number of rotatable bonds is 5. The molecule has 2 N–H and O–H groups in total. The predicted molar refractivity (Wildman–Crippen MR) is 91.7 cm³/mol. The Labute approximate surface area is 134 Å². The van der Waals surface area contributed by atoms with Crippen molar-refractivity contribution < 1.29 is 0 Å². The summed E-state index contributed by atoms with van der Waals surface area (Å²) in [6.07, 6.45) is 5.23. The lowest BCUT2D eigenvalue weighted by atomic mass is 9.83. The summed E-state index contributed by atoms with van der Waals surface area (Å²) >= 11 is 3.47. The highest BCUT2D eigenvalue weighted by atomic mass is 32.1. The van der Waals surface area contributed by atoms with Crippen LogP contribution in [0.25, 0.3) is 10.6 Å². The third-order valence-corrected chi connectivity index (χ3v) is 6.09. The van der Waals surface area contributed by atoms with Gasteiger partial charge in [0.15, 0.2) is 0 Å². The quantitative estimate of drug-likeness (QED) is 0.910. The summed E-state index contributed by atoms with van der Waals surface area (Å²) in [5.41, 5.74) is 8.39. The molecule has 2 atom stereocenters. The molecule has 5 heteroatoms. The molecule has 0 aliphatic heterocycles. The first-order valence-corrected chi connectivity index (χ1v) is 9.47. The topological polar surface area (TPSA) is 42.2 Å². The Morgan fingerprint density at radius 1 is 1.33 bits per heavy atom. The largest absolute Gasteiger partial charge is 0.330 e. The fourth-order valence-electron chi connectivity index (χ4n) is 3.31. The van der Waals surface area contributed by atoms with Gasteiger partial charge in [0.25, 0.3) is 0 Å². The van der Waals surface area contributed by atoms with Gasteiger partial charge in [-0.05, 0) is 43.8 Å². The van der Waals surface area contributed by atoms with Gasteiger partial charge in [0.2, 0.25) is 0 Å². The van der Waals surface area contributed by atoms with Crippen LogP contribution in [0.2, 0.25) is 0 Å². The molecule has 1 aliphatic carbocycles. The number of nitrogens with two attached hydrogens (primary N) is 1. The van der Waals surface area contributed by atoms with Gasteiger partial charge in [0.05, 0.1) is 5.69 Å². The fraction of sp³-hybridized carbons (Fsp3) is 0.562. The second-order valence-corrected chi connectivity index (χ2v) is 7.56. The number of thiophene rings is 1. The molecular weight excluding hydrogens is 298 g/mol. The molecule has 0 amide bonds. The molecule has 2 aromatic heterocycles. The van der Waals surface area contributed by atoms with Gasteiger partial charge in [-0.1, -0.05) is 12.8 Å². The summed E-state index contributed by atoms with van der Waals surface area (Å²) in [6.45, 7) is 1.74. The normalized spacial score (nSPS) is 22.8. The Morgan fingerprint density at radius 2 is 2.19 bits per heavy atom. The number of aromatic nitrogens is 1. The summed E-state index contributed by atoms with van der Waals surface area (Å²) in [5.74, 6) is 0.652. The fourth-order valence-corrected chi connectivity index (χ4v) is 4.84. The number of hydrogen-bond donors (Lipinski definition) is 1. The van der Waals surface area contributed by atoms with Crippen LogP contribution in [0.1, 0.15) is 31.4 Å². The van der Waals surface area contributed by atoms with Crippen LogP contribution in [0.3, 0.4) is 0 Å². The first-order chi connectivity index (χ1) is 10.3. The Bertz CT molecular complexity index is 550. The van der Waals surface area contributed by atoms with E-state index in [-0.39, 0.29) is 0 Å². The van der Waals surface area contributed by atoms with Crippen LogP contribution < -0.4 is 5.73 Å². The molecule has 1 aliphatic rings. The standard InChI is InChI=1S/C16H23N3S2/c1-19(15-5-3-2-4-12(15)8-17)9-14-11-21-16(18-14)13-6-7-20-10-13/h6-7,10-12,15H,2-5,8-9,17H2,1H3. The molecule has 2 aromatic rings. The van der Waals surface area contributed by atoms with E-state index in [1.54, 1.807) is 22.7 Å². The zero-order valence-electron chi connectivity index (χ0n) is 12.5. The summed E-state index contributed by atoms with van der Waals surface area (Å²) in [6, 6.07) is 2.76. The van der Waals surface area contributed by atoms with Crippen molar-refractivity contribution in [3.8, 4) is 10.6 Å². The van der Waals surface area contributed by atoms with Crippen LogP contribution in [0.15, 0.2) is 22.2 Å². The molecule has 0 spiro atoms. The third kappa shape index (κ3) is 3.54. The smallest absolute Gasteiger partial charge is 0.124 e.